The molecule has 2 atom stereocenters. The monoisotopic (exact) mass is 298 g/mol. The Bertz CT molecular complexity index is 536. The van der Waals surface area contributed by atoms with Crippen LogP contribution in [0.2, 0.25) is 5.02 Å². The summed E-state index contributed by atoms with van der Waals surface area (Å²) < 4.78 is 13.6. The highest BCUT2D eigenvalue weighted by atomic mass is 35.5. The van der Waals surface area contributed by atoms with Crippen LogP contribution in [0.5, 0.6) is 0 Å². The van der Waals surface area contributed by atoms with E-state index in [4.69, 9.17) is 11.6 Å². The predicted octanol–water partition coefficient (Wildman–Crippen LogP) is 2.58. The van der Waals surface area contributed by atoms with E-state index in [0.29, 0.717) is 5.92 Å². The molecule has 2 amide bonds. The van der Waals surface area contributed by atoms with Crippen LogP contribution in [0.15, 0.2) is 18.2 Å². The topological polar surface area (TPSA) is 58.2 Å². The van der Waals surface area contributed by atoms with Crippen LogP contribution >= 0.6 is 11.6 Å². The molecular weight excluding hydrogens is 283 g/mol. The van der Waals surface area contributed by atoms with Crippen molar-refractivity contribution >= 4 is 29.1 Å². The van der Waals surface area contributed by atoms with E-state index in [1.165, 1.54) is 12.1 Å². The van der Waals surface area contributed by atoms with Gasteiger partial charge in [-0.3, -0.25) is 9.59 Å². The number of anilines is 1. The minimum absolute atomic E-state index is 0.0146. The van der Waals surface area contributed by atoms with Gasteiger partial charge in [0.1, 0.15) is 0 Å². The van der Waals surface area contributed by atoms with Crippen LogP contribution < -0.4 is 10.6 Å². The maximum atomic E-state index is 13.6. The number of rotatable bonds is 5. The Morgan fingerprint density at radius 3 is 2.80 bits per heavy atom. The first-order chi connectivity index (χ1) is 9.49. The van der Waals surface area contributed by atoms with Crippen LogP contribution in [-0.4, -0.2) is 18.4 Å². The van der Waals surface area contributed by atoms with Gasteiger partial charge in [0.05, 0.1) is 10.7 Å². The van der Waals surface area contributed by atoms with E-state index in [9.17, 15) is 14.0 Å². The average Bonchev–Trinajstić information content (AvgIpc) is 3.12. The molecule has 108 valence electrons. The number of hydrogen-bond acceptors (Lipinski definition) is 2. The SMILES string of the molecule is C[C@H]1C[C@H]1C(=O)NCCC(=O)Nc1cccc(Cl)c1F. The molecule has 2 N–H and O–H groups in total. The molecule has 1 aliphatic rings. The first-order valence-electron chi connectivity index (χ1n) is 6.50. The Kier molecular flexibility index (Phi) is 4.60. The number of nitrogens with one attached hydrogen (secondary N) is 2. The Morgan fingerprint density at radius 2 is 2.15 bits per heavy atom. The third-order valence-electron chi connectivity index (χ3n) is 3.32. The lowest BCUT2D eigenvalue weighted by Gasteiger charge is -2.08. The minimum Gasteiger partial charge on any atom is -0.355 e. The Hall–Kier alpha value is -1.62. The van der Waals surface area contributed by atoms with Crippen molar-refractivity contribution in [2.45, 2.75) is 19.8 Å². The predicted molar refractivity (Wildman–Crippen MR) is 74.9 cm³/mol. The highest BCUT2D eigenvalue weighted by molar-refractivity contribution is 6.31. The third kappa shape index (κ3) is 3.70. The number of carbonyl (C=O) groups excluding carboxylic acids is 2. The van der Waals surface area contributed by atoms with E-state index in [-0.39, 0.29) is 41.4 Å². The zero-order chi connectivity index (χ0) is 14.7. The fraction of sp³-hybridized carbons (Fsp3) is 0.429. The Labute approximate surface area is 121 Å². The molecule has 1 fully saturated rings. The summed E-state index contributed by atoms with van der Waals surface area (Å²) in [5.74, 6) is -0.513. The molecule has 0 saturated heterocycles. The maximum Gasteiger partial charge on any atom is 0.226 e. The smallest absolute Gasteiger partial charge is 0.226 e. The summed E-state index contributed by atoms with van der Waals surface area (Å²) in [6.07, 6.45) is 1.00. The molecule has 4 nitrogen and oxygen atoms in total. The first-order valence-corrected chi connectivity index (χ1v) is 6.88. The first kappa shape index (κ1) is 14.8. The van der Waals surface area contributed by atoms with Gasteiger partial charge < -0.3 is 10.6 Å². The van der Waals surface area contributed by atoms with Gasteiger partial charge >= 0.3 is 0 Å². The van der Waals surface area contributed by atoms with Crippen LogP contribution in [0, 0.1) is 17.7 Å². The summed E-state index contributed by atoms with van der Waals surface area (Å²) >= 11 is 5.62. The molecule has 0 radical (unpaired) electrons. The van der Waals surface area contributed by atoms with Gasteiger partial charge in [-0.1, -0.05) is 24.6 Å². The van der Waals surface area contributed by atoms with Crippen LogP contribution in [0.1, 0.15) is 19.8 Å². The third-order valence-corrected chi connectivity index (χ3v) is 3.62. The van der Waals surface area contributed by atoms with Crippen LogP contribution in [0.3, 0.4) is 0 Å². The van der Waals surface area contributed by atoms with E-state index < -0.39 is 5.82 Å². The van der Waals surface area contributed by atoms with Gasteiger partial charge in [-0.15, -0.1) is 0 Å². The average molecular weight is 299 g/mol. The van der Waals surface area contributed by atoms with E-state index >= 15 is 0 Å². The minimum atomic E-state index is -0.654. The van der Waals surface area contributed by atoms with Crippen LogP contribution in [0.25, 0.3) is 0 Å². The van der Waals surface area contributed by atoms with Crippen LogP contribution in [-0.2, 0) is 9.59 Å². The van der Waals surface area contributed by atoms with Crippen molar-refractivity contribution < 1.29 is 14.0 Å². The molecule has 2 rings (SSSR count). The molecule has 0 unspecified atom stereocenters. The summed E-state index contributed by atoms with van der Waals surface area (Å²) in [5, 5.41) is 5.08. The molecule has 0 bridgehead atoms. The van der Waals surface area contributed by atoms with Crippen molar-refractivity contribution in [1.29, 1.82) is 0 Å². The van der Waals surface area contributed by atoms with Crippen molar-refractivity contribution in [2.24, 2.45) is 11.8 Å². The zero-order valence-corrected chi connectivity index (χ0v) is 11.8. The molecule has 0 heterocycles. The summed E-state index contributed by atoms with van der Waals surface area (Å²) in [5.41, 5.74) is 0.0460. The Balaban J connectivity index is 1.75. The highest BCUT2D eigenvalue weighted by Crippen LogP contribution is 2.37. The van der Waals surface area contributed by atoms with Gasteiger partial charge in [0.2, 0.25) is 11.8 Å². The van der Waals surface area contributed by atoms with Crippen LogP contribution in [0.4, 0.5) is 10.1 Å². The fourth-order valence-electron chi connectivity index (χ4n) is 1.93. The highest BCUT2D eigenvalue weighted by Gasteiger charge is 2.38. The quantitative estimate of drug-likeness (QED) is 0.878. The lowest BCUT2D eigenvalue weighted by atomic mass is 10.3. The normalized spacial score (nSPS) is 20.4. The summed E-state index contributed by atoms with van der Waals surface area (Å²) in [6.45, 7) is 2.26. The van der Waals surface area contributed by atoms with Crippen molar-refractivity contribution in [1.82, 2.24) is 5.32 Å². The van der Waals surface area contributed by atoms with Gasteiger partial charge in [-0.25, -0.2) is 4.39 Å². The second-order valence-electron chi connectivity index (χ2n) is 5.01. The van der Waals surface area contributed by atoms with Crippen molar-refractivity contribution in [3.05, 3.63) is 29.0 Å². The molecule has 0 aliphatic heterocycles. The number of carbonyl (C=O) groups is 2. The van der Waals surface area contributed by atoms with Gasteiger partial charge in [-0.05, 0) is 24.5 Å². The van der Waals surface area contributed by atoms with E-state index in [1.807, 2.05) is 6.92 Å². The lowest BCUT2D eigenvalue weighted by molar-refractivity contribution is -0.122. The second-order valence-corrected chi connectivity index (χ2v) is 5.42. The second kappa shape index (κ2) is 6.22. The summed E-state index contributed by atoms with van der Waals surface area (Å²) in [7, 11) is 0. The van der Waals surface area contributed by atoms with Gasteiger partial charge in [0.15, 0.2) is 5.82 Å². The van der Waals surface area contributed by atoms with Gasteiger partial charge in [-0.2, -0.15) is 0 Å². The summed E-state index contributed by atoms with van der Waals surface area (Å²) in [4.78, 5) is 23.2. The fourth-order valence-corrected chi connectivity index (χ4v) is 2.11. The largest absolute Gasteiger partial charge is 0.355 e. The van der Waals surface area contributed by atoms with E-state index in [1.54, 1.807) is 6.07 Å². The zero-order valence-electron chi connectivity index (χ0n) is 11.1. The number of hydrogen-bond donors (Lipinski definition) is 2. The maximum absolute atomic E-state index is 13.6. The molecule has 0 spiro atoms. The molecule has 1 aromatic rings. The summed E-state index contributed by atoms with van der Waals surface area (Å²) in [6, 6.07) is 4.39. The van der Waals surface area contributed by atoms with Gasteiger partial charge in [0, 0.05) is 18.9 Å². The lowest BCUT2D eigenvalue weighted by Crippen LogP contribution is -2.29. The molecule has 6 heteroatoms. The molecule has 0 aromatic heterocycles. The standard InChI is InChI=1S/C14H16ClFN2O2/c1-8-7-9(8)14(20)17-6-5-12(19)18-11-4-2-3-10(15)13(11)16/h2-4,8-9H,5-7H2,1H3,(H,17,20)(H,18,19)/t8-,9+/m0/s1. The molecule has 1 saturated carbocycles. The van der Waals surface area contributed by atoms with Crippen molar-refractivity contribution in [3.8, 4) is 0 Å². The molecule has 1 aromatic carbocycles. The van der Waals surface area contributed by atoms with Crippen molar-refractivity contribution in [3.63, 3.8) is 0 Å². The number of halogens is 2. The van der Waals surface area contributed by atoms with Crippen molar-refractivity contribution in [2.75, 3.05) is 11.9 Å². The molecular formula is C14H16ClFN2O2. The number of benzene rings is 1. The van der Waals surface area contributed by atoms with Gasteiger partial charge in [0.25, 0.3) is 0 Å². The molecule has 20 heavy (non-hydrogen) atoms. The number of amides is 2. The molecule has 1 aliphatic carbocycles. The Morgan fingerprint density at radius 1 is 1.45 bits per heavy atom. The van der Waals surface area contributed by atoms with E-state index in [2.05, 4.69) is 10.6 Å². The van der Waals surface area contributed by atoms with E-state index in [0.717, 1.165) is 6.42 Å².